The lowest BCUT2D eigenvalue weighted by atomic mass is 10.2. The Morgan fingerprint density at radius 2 is 1.86 bits per heavy atom. The third-order valence-corrected chi connectivity index (χ3v) is 5.37. The highest BCUT2D eigenvalue weighted by Gasteiger charge is 2.20. The van der Waals surface area contributed by atoms with Gasteiger partial charge in [-0.25, -0.2) is 12.7 Å². The topological polar surface area (TPSA) is 50.3 Å². The molecule has 1 aromatic heterocycles. The summed E-state index contributed by atoms with van der Waals surface area (Å²) >= 11 is 5.71. The second-order valence-corrected chi connectivity index (χ2v) is 6.99. The largest absolute Gasteiger partial charge is 0.261 e. The fourth-order valence-corrected chi connectivity index (χ4v) is 3.22. The van der Waals surface area contributed by atoms with Crippen LogP contribution < -0.4 is 0 Å². The van der Waals surface area contributed by atoms with Gasteiger partial charge in [0, 0.05) is 37.8 Å². The van der Waals surface area contributed by atoms with Crippen molar-refractivity contribution in [3.8, 4) is 0 Å². The zero-order valence-electron chi connectivity index (χ0n) is 11.7. The summed E-state index contributed by atoms with van der Waals surface area (Å²) in [4.78, 5) is 4.47. The number of benzene rings is 1. The molecule has 0 aliphatic carbocycles. The minimum atomic E-state index is -3.47. The van der Waals surface area contributed by atoms with Crippen LogP contribution in [0.2, 0.25) is 0 Å². The minimum absolute atomic E-state index is 0.278. The molecule has 0 aliphatic rings. The van der Waals surface area contributed by atoms with Gasteiger partial charge in [-0.15, -0.1) is 11.6 Å². The quantitative estimate of drug-likeness (QED) is 0.768. The molecule has 6 heteroatoms. The van der Waals surface area contributed by atoms with Crippen LogP contribution in [0.3, 0.4) is 0 Å². The Balaban J connectivity index is 2.07. The maximum Gasteiger partial charge on any atom is 0.242 e. The summed E-state index contributed by atoms with van der Waals surface area (Å²) in [5.74, 6) is 0.371. The first-order chi connectivity index (χ1) is 10.0. The SMILES string of the molecule is CN(CCc1ccccn1)S(=O)(=O)c1ccc(CCl)cc1. The van der Waals surface area contributed by atoms with Crippen LogP contribution in [0.25, 0.3) is 0 Å². The summed E-state index contributed by atoms with van der Waals surface area (Å²) in [7, 11) is -1.89. The van der Waals surface area contributed by atoms with Crippen LogP contribution in [0.5, 0.6) is 0 Å². The molecule has 0 saturated heterocycles. The number of aromatic nitrogens is 1. The molecule has 0 saturated carbocycles. The summed E-state index contributed by atoms with van der Waals surface area (Å²) in [6.07, 6.45) is 2.28. The number of nitrogens with zero attached hydrogens (tertiary/aromatic N) is 2. The molecule has 2 aromatic rings. The van der Waals surface area contributed by atoms with E-state index < -0.39 is 10.0 Å². The Labute approximate surface area is 130 Å². The average molecular weight is 325 g/mol. The highest BCUT2D eigenvalue weighted by atomic mass is 35.5. The van der Waals surface area contributed by atoms with Crippen LogP contribution in [0, 0.1) is 0 Å². The molecule has 2 rings (SSSR count). The number of pyridine rings is 1. The number of rotatable bonds is 6. The van der Waals surface area contributed by atoms with Crippen molar-refractivity contribution in [2.45, 2.75) is 17.2 Å². The molecule has 0 atom stereocenters. The molecule has 4 nitrogen and oxygen atoms in total. The maximum atomic E-state index is 12.4. The molecule has 0 aliphatic heterocycles. The van der Waals surface area contributed by atoms with Crippen molar-refractivity contribution >= 4 is 21.6 Å². The minimum Gasteiger partial charge on any atom is -0.261 e. The summed E-state index contributed by atoms with van der Waals surface area (Å²) in [6.45, 7) is 0.386. The molecule has 1 aromatic carbocycles. The number of likely N-dealkylation sites (N-methyl/N-ethyl adjacent to an activating group) is 1. The molecule has 21 heavy (non-hydrogen) atoms. The van der Waals surface area contributed by atoms with Gasteiger partial charge >= 0.3 is 0 Å². The summed E-state index contributed by atoms with van der Waals surface area (Å²) < 4.78 is 26.2. The fourth-order valence-electron chi connectivity index (χ4n) is 1.87. The van der Waals surface area contributed by atoms with Crippen LogP contribution in [0.1, 0.15) is 11.3 Å². The van der Waals surface area contributed by atoms with Gasteiger partial charge in [0.25, 0.3) is 0 Å². The Hall–Kier alpha value is -1.43. The molecule has 0 N–H and O–H groups in total. The number of alkyl halides is 1. The molecule has 0 unspecified atom stereocenters. The molecule has 1 heterocycles. The van der Waals surface area contributed by atoms with Gasteiger partial charge in [-0.05, 0) is 29.8 Å². The Morgan fingerprint density at radius 3 is 2.43 bits per heavy atom. The van der Waals surface area contributed by atoms with Crippen molar-refractivity contribution in [3.05, 3.63) is 59.9 Å². The molecular formula is C15H17ClN2O2S. The van der Waals surface area contributed by atoms with Crippen molar-refractivity contribution in [2.75, 3.05) is 13.6 Å². The first-order valence-electron chi connectivity index (χ1n) is 6.55. The van der Waals surface area contributed by atoms with Gasteiger partial charge in [0.1, 0.15) is 0 Å². The lowest BCUT2D eigenvalue weighted by Crippen LogP contribution is -2.29. The van der Waals surface area contributed by atoms with Crippen molar-refractivity contribution in [1.82, 2.24) is 9.29 Å². The fraction of sp³-hybridized carbons (Fsp3) is 0.267. The lowest BCUT2D eigenvalue weighted by molar-refractivity contribution is 0.471. The van der Waals surface area contributed by atoms with E-state index in [0.717, 1.165) is 11.3 Å². The molecule has 0 amide bonds. The van der Waals surface area contributed by atoms with Crippen molar-refractivity contribution in [2.24, 2.45) is 0 Å². The van der Waals surface area contributed by atoms with Crippen molar-refractivity contribution < 1.29 is 8.42 Å². The summed E-state index contributed by atoms with van der Waals surface area (Å²) in [5.41, 5.74) is 1.77. The van der Waals surface area contributed by atoms with Crippen LogP contribution in [-0.4, -0.2) is 31.3 Å². The van der Waals surface area contributed by atoms with E-state index in [1.165, 1.54) is 4.31 Å². The van der Waals surface area contributed by atoms with Crippen LogP contribution >= 0.6 is 11.6 Å². The first-order valence-corrected chi connectivity index (χ1v) is 8.52. The van der Waals surface area contributed by atoms with Crippen LogP contribution in [-0.2, 0) is 22.3 Å². The predicted molar refractivity (Wildman–Crippen MR) is 83.8 cm³/mol. The van der Waals surface area contributed by atoms with Crippen molar-refractivity contribution in [1.29, 1.82) is 0 Å². The monoisotopic (exact) mass is 324 g/mol. The second kappa shape index (κ2) is 7.02. The number of halogens is 1. The second-order valence-electron chi connectivity index (χ2n) is 4.68. The van der Waals surface area contributed by atoms with E-state index in [0.29, 0.717) is 18.8 Å². The standard InChI is InChI=1S/C15H17ClN2O2S/c1-18(11-9-14-4-2-3-10-17-14)21(19,20)15-7-5-13(12-16)6-8-15/h2-8,10H,9,11-12H2,1H3. The number of hydrogen-bond acceptors (Lipinski definition) is 3. The Bertz CT molecular complexity index is 673. The third kappa shape index (κ3) is 4.03. The van der Waals surface area contributed by atoms with Gasteiger partial charge in [-0.2, -0.15) is 0 Å². The van der Waals surface area contributed by atoms with Gasteiger partial charge in [-0.3, -0.25) is 4.98 Å². The zero-order chi connectivity index (χ0) is 15.3. The van der Waals surface area contributed by atoms with E-state index >= 15 is 0 Å². The van der Waals surface area contributed by atoms with E-state index in [1.807, 2.05) is 18.2 Å². The molecule has 0 fully saturated rings. The smallest absolute Gasteiger partial charge is 0.242 e. The summed E-state index contributed by atoms with van der Waals surface area (Å²) in [5, 5.41) is 0. The molecule has 0 bridgehead atoms. The lowest BCUT2D eigenvalue weighted by Gasteiger charge is -2.17. The molecular weight excluding hydrogens is 308 g/mol. The number of sulfonamides is 1. The Morgan fingerprint density at radius 1 is 1.14 bits per heavy atom. The van der Waals surface area contributed by atoms with E-state index in [4.69, 9.17) is 11.6 Å². The van der Waals surface area contributed by atoms with E-state index in [1.54, 1.807) is 37.5 Å². The third-order valence-electron chi connectivity index (χ3n) is 3.19. The number of hydrogen-bond donors (Lipinski definition) is 0. The van der Waals surface area contributed by atoms with E-state index in [-0.39, 0.29) is 4.90 Å². The van der Waals surface area contributed by atoms with Gasteiger partial charge < -0.3 is 0 Å². The van der Waals surface area contributed by atoms with Gasteiger partial charge in [-0.1, -0.05) is 18.2 Å². The highest BCUT2D eigenvalue weighted by molar-refractivity contribution is 7.89. The molecule has 112 valence electrons. The maximum absolute atomic E-state index is 12.4. The molecule has 0 spiro atoms. The van der Waals surface area contributed by atoms with Gasteiger partial charge in [0.05, 0.1) is 4.90 Å². The van der Waals surface area contributed by atoms with E-state index in [9.17, 15) is 8.42 Å². The van der Waals surface area contributed by atoms with E-state index in [2.05, 4.69) is 4.98 Å². The van der Waals surface area contributed by atoms with Gasteiger partial charge in [0.2, 0.25) is 10.0 Å². The van der Waals surface area contributed by atoms with Crippen molar-refractivity contribution in [3.63, 3.8) is 0 Å². The average Bonchev–Trinajstić information content (AvgIpc) is 2.53. The Kier molecular flexibility index (Phi) is 5.33. The molecule has 0 radical (unpaired) electrons. The van der Waals surface area contributed by atoms with Gasteiger partial charge in [0.15, 0.2) is 0 Å². The summed E-state index contributed by atoms with van der Waals surface area (Å²) in [6, 6.07) is 12.2. The van der Waals surface area contributed by atoms with Crippen LogP contribution in [0.15, 0.2) is 53.6 Å². The predicted octanol–water partition coefficient (Wildman–Crippen LogP) is 2.68. The highest BCUT2D eigenvalue weighted by Crippen LogP contribution is 2.16. The normalized spacial score (nSPS) is 11.8. The first kappa shape index (κ1) is 15.9. The van der Waals surface area contributed by atoms with Crippen LogP contribution in [0.4, 0.5) is 0 Å². The zero-order valence-corrected chi connectivity index (χ0v) is 13.3.